The van der Waals surface area contributed by atoms with E-state index in [1.54, 1.807) is 0 Å². The SMILES string of the molecule is CCSCCC(C)Nc1c(N)ccc(F)c1F. The van der Waals surface area contributed by atoms with Crippen LogP contribution in [0.25, 0.3) is 0 Å². The lowest BCUT2D eigenvalue weighted by Gasteiger charge is -2.17. The van der Waals surface area contributed by atoms with E-state index in [9.17, 15) is 8.78 Å². The van der Waals surface area contributed by atoms with E-state index < -0.39 is 11.6 Å². The first-order chi connectivity index (χ1) is 8.06. The largest absolute Gasteiger partial charge is 0.397 e. The van der Waals surface area contributed by atoms with Crippen LogP contribution in [0.5, 0.6) is 0 Å². The summed E-state index contributed by atoms with van der Waals surface area (Å²) in [7, 11) is 0. The summed E-state index contributed by atoms with van der Waals surface area (Å²) in [6, 6.07) is 2.47. The molecular weight excluding hydrogens is 242 g/mol. The molecule has 0 aliphatic carbocycles. The summed E-state index contributed by atoms with van der Waals surface area (Å²) < 4.78 is 26.5. The van der Waals surface area contributed by atoms with Gasteiger partial charge in [0.15, 0.2) is 11.6 Å². The second-order valence-corrected chi connectivity index (χ2v) is 5.25. The Kier molecular flexibility index (Phi) is 5.55. The molecule has 0 aliphatic rings. The van der Waals surface area contributed by atoms with Crippen molar-refractivity contribution in [2.75, 3.05) is 22.6 Å². The zero-order valence-electron chi connectivity index (χ0n) is 10.1. The summed E-state index contributed by atoms with van der Waals surface area (Å²) in [5.41, 5.74) is 5.92. The van der Waals surface area contributed by atoms with E-state index >= 15 is 0 Å². The lowest BCUT2D eigenvalue weighted by Crippen LogP contribution is -2.18. The number of nitrogens with two attached hydrogens (primary N) is 1. The average Bonchev–Trinajstić information content (AvgIpc) is 2.30. The van der Waals surface area contributed by atoms with Gasteiger partial charge in [-0.2, -0.15) is 11.8 Å². The van der Waals surface area contributed by atoms with Gasteiger partial charge < -0.3 is 11.1 Å². The van der Waals surface area contributed by atoms with Crippen LogP contribution in [0.1, 0.15) is 20.3 Å². The van der Waals surface area contributed by atoms with Gasteiger partial charge in [0.25, 0.3) is 0 Å². The van der Waals surface area contributed by atoms with Crippen molar-refractivity contribution in [3.8, 4) is 0 Å². The van der Waals surface area contributed by atoms with Crippen molar-refractivity contribution < 1.29 is 8.78 Å². The normalized spacial score (nSPS) is 12.5. The molecule has 0 spiro atoms. The lowest BCUT2D eigenvalue weighted by molar-refractivity contribution is 0.510. The Morgan fingerprint density at radius 3 is 2.76 bits per heavy atom. The monoisotopic (exact) mass is 260 g/mol. The first-order valence-corrected chi connectivity index (χ1v) is 6.79. The molecule has 3 N–H and O–H groups in total. The summed E-state index contributed by atoms with van der Waals surface area (Å²) in [4.78, 5) is 0. The molecule has 1 atom stereocenters. The van der Waals surface area contributed by atoms with Crippen molar-refractivity contribution in [3.63, 3.8) is 0 Å². The third-order valence-corrected chi connectivity index (χ3v) is 3.35. The highest BCUT2D eigenvalue weighted by atomic mass is 32.2. The molecule has 0 saturated heterocycles. The fourth-order valence-corrected chi connectivity index (χ4v) is 2.24. The first kappa shape index (κ1) is 14.1. The highest BCUT2D eigenvalue weighted by Gasteiger charge is 2.13. The number of anilines is 2. The van der Waals surface area contributed by atoms with Gasteiger partial charge in [0.2, 0.25) is 0 Å². The van der Waals surface area contributed by atoms with Crippen LogP contribution in [0.2, 0.25) is 0 Å². The molecule has 0 heterocycles. The third-order valence-electron chi connectivity index (χ3n) is 2.42. The molecule has 0 amide bonds. The Hall–Kier alpha value is -0.970. The molecule has 0 radical (unpaired) electrons. The smallest absolute Gasteiger partial charge is 0.183 e. The Morgan fingerprint density at radius 1 is 1.41 bits per heavy atom. The van der Waals surface area contributed by atoms with Gasteiger partial charge in [-0.3, -0.25) is 0 Å². The maximum absolute atomic E-state index is 13.5. The predicted molar refractivity (Wildman–Crippen MR) is 71.5 cm³/mol. The molecule has 2 nitrogen and oxygen atoms in total. The van der Waals surface area contributed by atoms with Crippen molar-refractivity contribution in [2.45, 2.75) is 26.3 Å². The molecule has 0 fully saturated rings. The highest BCUT2D eigenvalue weighted by molar-refractivity contribution is 7.99. The summed E-state index contributed by atoms with van der Waals surface area (Å²) in [5, 5.41) is 2.92. The van der Waals surface area contributed by atoms with Crippen LogP contribution in [0.4, 0.5) is 20.2 Å². The average molecular weight is 260 g/mol. The van der Waals surface area contributed by atoms with Gasteiger partial charge >= 0.3 is 0 Å². The van der Waals surface area contributed by atoms with Gasteiger partial charge in [0.05, 0.1) is 11.4 Å². The van der Waals surface area contributed by atoms with E-state index in [-0.39, 0.29) is 17.4 Å². The summed E-state index contributed by atoms with van der Waals surface area (Å²) >= 11 is 1.82. The van der Waals surface area contributed by atoms with E-state index in [1.807, 2.05) is 18.7 Å². The zero-order valence-corrected chi connectivity index (χ0v) is 10.9. The van der Waals surface area contributed by atoms with Gasteiger partial charge in [-0.05, 0) is 37.0 Å². The third kappa shape index (κ3) is 4.07. The maximum Gasteiger partial charge on any atom is 0.183 e. The maximum atomic E-state index is 13.5. The standard InChI is InChI=1S/C12H18F2N2S/c1-3-17-7-6-8(2)16-12-10(15)5-4-9(13)11(12)14/h4-5,8,16H,3,6-7,15H2,1-2H3. The van der Waals surface area contributed by atoms with Crippen molar-refractivity contribution in [3.05, 3.63) is 23.8 Å². The minimum Gasteiger partial charge on any atom is -0.397 e. The number of nitrogens with one attached hydrogen (secondary N) is 1. The fourth-order valence-electron chi connectivity index (χ4n) is 1.44. The van der Waals surface area contributed by atoms with Crippen LogP contribution < -0.4 is 11.1 Å². The molecule has 0 aromatic heterocycles. The van der Waals surface area contributed by atoms with E-state index in [1.165, 1.54) is 6.07 Å². The van der Waals surface area contributed by atoms with Gasteiger partial charge in [0.1, 0.15) is 0 Å². The van der Waals surface area contributed by atoms with Crippen LogP contribution in [0, 0.1) is 11.6 Å². The number of benzene rings is 1. The molecule has 0 saturated carbocycles. The molecule has 1 aromatic rings. The van der Waals surface area contributed by atoms with Gasteiger partial charge in [-0.25, -0.2) is 8.78 Å². The van der Waals surface area contributed by atoms with Gasteiger partial charge in [-0.1, -0.05) is 6.92 Å². The topological polar surface area (TPSA) is 38.0 Å². The Bertz CT molecular complexity index is 372. The molecule has 1 unspecified atom stereocenters. The fraction of sp³-hybridized carbons (Fsp3) is 0.500. The van der Waals surface area contributed by atoms with Crippen LogP contribution >= 0.6 is 11.8 Å². The predicted octanol–water partition coefficient (Wildman–Crippen LogP) is 3.49. The van der Waals surface area contributed by atoms with Crippen molar-refractivity contribution in [1.82, 2.24) is 0 Å². The lowest BCUT2D eigenvalue weighted by atomic mass is 10.2. The first-order valence-electron chi connectivity index (χ1n) is 5.64. The van der Waals surface area contributed by atoms with Crippen LogP contribution in [0.15, 0.2) is 12.1 Å². The van der Waals surface area contributed by atoms with E-state index in [2.05, 4.69) is 12.2 Å². The zero-order chi connectivity index (χ0) is 12.8. The van der Waals surface area contributed by atoms with Crippen molar-refractivity contribution in [1.29, 1.82) is 0 Å². The number of nitrogen functional groups attached to an aromatic ring is 1. The Morgan fingerprint density at radius 2 is 2.12 bits per heavy atom. The summed E-state index contributed by atoms with van der Waals surface area (Å²) in [5.74, 6) is 0.266. The summed E-state index contributed by atoms with van der Waals surface area (Å²) in [6.07, 6.45) is 0.883. The Balaban J connectivity index is 2.64. The number of hydrogen-bond acceptors (Lipinski definition) is 3. The van der Waals surface area contributed by atoms with Crippen LogP contribution in [-0.4, -0.2) is 17.5 Å². The minimum absolute atomic E-state index is 0.0626. The summed E-state index contributed by atoms with van der Waals surface area (Å²) in [6.45, 7) is 4.02. The number of thioether (sulfide) groups is 1. The van der Waals surface area contributed by atoms with Gasteiger partial charge in [-0.15, -0.1) is 0 Å². The molecule has 5 heteroatoms. The number of rotatable bonds is 6. The molecule has 17 heavy (non-hydrogen) atoms. The molecule has 1 aromatic carbocycles. The van der Waals surface area contributed by atoms with Crippen LogP contribution in [-0.2, 0) is 0 Å². The van der Waals surface area contributed by atoms with E-state index in [0.717, 1.165) is 24.0 Å². The number of halogens is 2. The van der Waals surface area contributed by atoms with Crippen molar-refractivity contribution in [2.24, 2.45) is 0 Å². The Labute approximate surface area is 105 Å². The molecular formula is C12H18F2N2S. The number of hydrogen-bond donors (Lipinski definition) is 2. The molecule has 0 aliphatic heterocycles. The highest BCUT2D eigenvalue weighted by Crippen LogP contribution is 2.25. The van der Waals surface area contributed by atoms with Gasteiger partial charge in [0, 0.05) is 6.04 Å². The molecule has 1 rings (SSSR count). The molecule has 96 valence electrons. The minimum atomic E-state index is -0.903. The quantitative estimate of drug-likeness (QED) is 0.607. The van der Waals surface area contributed by atoms with Crippen LogP contribution in [0.3, 0.4) is 0 Å². The van der Waals surface area contributed by atoms with Crippen molar-refractivity contribution >= 4 is 23.1 Å². The second kappa shape index (κ2) is 6.69. The second-order valence-electron chi connectivity index (χ2n) is 3.86. The van der Waals surface area contributed by atoms with E-state index in [0.29, 0.717) is 0 Å². The molecule has 0 bridgehead atoms. The van der Waals surface area contributed by atoms with E-state index in [4.69, 9.17) is 5.73 Å².